The van der Waals surface area contributed by atoms with Gasteiger partial charge < -0.3 is 10.2 Å². The minimum Gasteiger partial charge on any atom is -0.325 e. The van der Waals surface area contributed by atoms with Gasteiger partial charge in [0, 0.05) is 35.5 Å². The summed E-state index contributed by atoms with van der Waals surface area (Å²) in [5, 5.41) is 3.57. The Bertz CT molecular complexity index is 828. The van der Waals surface area contributed by atoms with Crippen LogP contribution in [-0.4, -0.2) is 48.6 Å². The summed E-state index contributed by atoms with van der Waals surface area (Å²) in [6.07, 6.45) is 2.19. The molecule has 5 nitrogen and oxygen atoms in total. The highest BCUT2D eigenvalue weighted by molar-refractivity contribution is 8.00. The molecule has 2 aromatic rings. The lowest BCUT2D eigenvalue weighted by Crippen LogP contribution is -2.39. The van der Waals surface area contributed by atoms with E-state index in [9.17, 15) is 9.59 Å². The minimum atomic E-state index is -0.0225. The number of amides is 2. The van der Waals surface area contributed by atoms with E-state index >= 15 is 0 Å². The van der Waals surface area contributed by atoms with Gasteiger partial charge in [0.15, 0.2) is 0 Å². The van der Waals surface area contributed by atoms with Gasteiger partial charge in [0.1, 0.15) is 0 Å². The molecule has 0 unspecified atom stereocenters. The first-order chi connectivity index (χ1) is 13.9. The standard InChI is InChI=1S/C23H29N3O2S/c1-17-4-10-21(11-5-17)29-22-12-14-26(15-13-22)16-23(28)24-19-6-8-20(9-7-19)25(3)18(2)27/h4-11,22H,12-16H2,1-3H3,(H,24,28). The van der Waals surface area contributed by atoms with Crippen molar-refractivity contribution >= 4 is 35.0 Å². The maximum atomic E-state index is 12.4. The van der Waals surface area contributed by atoms with E-state index in [2.05, 4.69) is 41.4 Å². The van der Waals surface area contributed by atoms with Crippen LogP contribution in [0.3, 0.4) is 0 Å². The Balaban J connectivity index is 1.42. The molecule has 0 atom stereocenters. The van der Waals surface area contributed by atoms with Gasteiger partial charge in [0.05, 0.1) is 6.54 Å². The van der Waals surface area contributed by atoms with Crippen LogP contribution in [0.4, 0.5) is 11.4 Å². The molecule has 1 aliphatic heterocycles. The van der Waals surface area contributed by atoms with Crippen molar-refractivity contribution in [2.24, 2.45) is 0 Å². The largest absolute Gasteiger partial charge is 0.325 e. The van der Waals surface area contributed by atoms with Crippen LogP contribution in [-0.2, 0) is 9.59 Å². The summed E-state index contributed by atoms with van der Waals surface area (Å²) < 4.78 is 0. The van der Waals surface area contributed by atoms with Crippen LogP contribution in [0.2, 0.25) is 0 Å². The highest BCUT2D eigenvalue weighted by Crippen LogP contribution is 2.30. The average Bonchev–Trinajstić information content (AvgIpc) is 2.71. The zero-order valence-electron chi connectivity index (χ0n) is 17.4. The third-order valence-electron chi connectivity index (χ3n) is 5.24. The lowest BCUT2D eigenvalue weighted by molar-refractivity contribution is -0.117. The first kappa shape index (κ1) is 21.4. The first-order valence-electron chi connectivity index (χ1n) is 10.0. The molecule has 1 aliphatic rings. The predicted octanol–water partition coefficient (Wildman–Crippen LogP) is 4.17. The van der Waals surface area contributed by atoms with Crippen LogP contribution in [0.25, 0.3) is 0 Å². The number of hydrogen-bond donors (Lipinski definition) is 1. The Hall–Kier alpha value is -2.31. The normalized spacial score (nSPS) is 15.1. The zero-order chi connectivity index (χ0) is 20.8. The Morgan fingerprint density at radius 2 is 1.69 bits per heavy atom. The zero-order valence-corrected chi connectivity index (χ0v) is 18.2. The topological polar surface area (TPSA) is 52.7 Å². The van der Waals surface area contributed by atoms with Crippen LogP contribution in [0, 0.1) is 6.92 Å². The molecular weight excluding hydrogens is 382 g/mol. The maximum Gasteiger partial charge on any atom is 0.238 e. The second-order valence-electron chi connectivity index (χ2n) is 7.58. The van der Waals surface area contributed by atoms with E-state index < -0.39 is 0 Å². The van der Waals surface area contributed by atoms with Gasteiger partial charge >= 0.3 is 0 Å². The molecular formula is C23H29N3O2S. The molecule has 1 heterocycles. The van der Waals surface area contributed by atoms with E-state index in [1.165, 1.54) is 17.4 Å². The van der Waals surface area contributed by atoms with Crippen molar-refractivity contribution in [2.45, 2.75) is 36.8 Å². The molecule has 0 bridgehead atoms. The number of carbonyl (C=O) groups excluding carboxylic acids is 2. The first-order valence-corrected chi connectivity index (χ1v) is 10.9. The Morgan fingerprint density at radius 3 is 2.28 bits per heavy atom. The third kappa shape index (κ3) is 6.34. The monoisotopic (exact) mass is 411 g/mol. The number of benzene rings is 2. The fourth-order valence-corrected chi connectivity index (χ4v) is 4.47. The molecule has 0 saturated carbocycles. The number of likely N-dealkylation sites (tertiary alicyclic amines) is 1. The molecule has 154 valence electrons. The summed E-state index contributed by atoms with van der Waals surface area (Å²) in [6, 6.07) is 16.0. The molecule has 2 aromatic carbocycles. The van der Waals surface area contributed by atoms with E-state index in [0.717, 1.165) is 37.3 Å². The third-order valence-corrected chi connectivity index (χ3v) is 6.59. The molecule has 1 N–H and O–H groups in total. The highest BCUT2D eigenvalue weighted by atomic mass is 32.2. The smallest absolute Gasteiger partial charge is 0.238 e. The summed E-state index contributed by atoms with van der Waals surface area (Å²) >= 11 is 1.95. The molecule has 2 amide bonds. The lowest BCUT2D eigenvalue weighted by Gasteiger charge is -2.31. The Kier molecular flexibility index (Phi) is 7.34. The van der Waals surface area contributed by atoms with Gasteiger partial charge in [-0.3, -0.25) is 14.5 Å². The van der Waals surface area contributed by atoms with Crippen molar-refractivity contribution in [3.8, 4) is 0 Å². The Labute approximate surface area is 177 Å². The molecule has 0 spiro atoms. The predicted molar refractivity (Wildman–Crippen MR) is 121 cm³/mol. The number of hydrogen-bond acceptors (Lipinski definition) is 4. The minimum absolute atomic E-state index is 0.00214. The highest BCUT2D eigenvalue weighted by Gasteiger charge is 2.21. The quantitative estimate of drug-likeness (QED) is 0.775. The van der Waals surface area contributed by atoms with Gasteiger partial charge in [-0.1, -0.05) is 17.7 Å². The van der Waals surface area contributed by atoms with Crippen molar-refractivity contribution in [1.82, 2.24) is 4.90 Å². The van der Waals surface area contributed by atoms with Gasteiger partial charge in [-0.2, -0.15) is 0 Å². The van der Waals surface area contributed by atoms with Crippen LogP contribution in [0.5, 0.6) is 0 Å². The summed E-state index contributed by atoms with van der Waals surface area (Å²) in [5.41, 5.74) is 2.85. The average molecular weight is 412 g/mol. The van der Waals surface area contributed by atoms with Crippen LogP contribution >= 0.6 is 11.8 Å². The summed E-state index contributed by atoms with van der Waals surface area (Å²) in [7, 11) is 1.73. The van der Waals surface area contributed by atoms with Crippen LogP contribution in [0.1, 0.15) is 25.3 Å². The van der Waals surface area contributed by atoms with E-state index in [0.29, 0.717) is 11.8 Å². The van der Waals surface area contributed by atoms with Crippen molar-refractivity contribution in [3.05, 3.63) is 54.1 Å². The van der Waals surface area contributed by atoms with Crippen LogP contribution in [0.15, 0.2) is 53.4 Å². The molecule has 0 aliphatic carbocycles. The number of thioether (sulfide) groups is 1. The van der Waals surface area contributed by atoms with E-state index in [1.807, 2.05) is 36.0 Å². The number of aryl methyl sites for hydroxylation is 1. The van der Waals surface area contributed by atoms with E-state index in [4.69, 9.17) is 0 Å². The molecule has 1 fully saturated rings. The molecule has 1 saturated heterocycles. The van der Waals surface area contributed by atoms with Gasteiger partial charge in [0.25, 0.3) is 0 Å². The number of anilines is 2. The fourth-order valence-electron chi connectivity index (χ4n) is 3.35. The molecule has 3 rings (SSSR count). The van der Waals surface area contributed by atoms with Crippen LogP contribution < -0.4 is 10.2 Å². The number of nitrogens with one attached hydrogen (secondary N) is 1. The second-order valence-corrected chi connectivity index (χ2v) is 8.95. The van der Waals surface area contributed by atoms with Crippen molar-refractivity contribution in [3.63, 3.8) is 0 Å². The second kappa shape index (κ2) is 9.94. The van der Waals surface area contributed by atoms with Crippen molar-refractivity contribution in [1.29, 1.82) is 0 Å². The SMILES string of the molecule is CC(=O)N(C)c1ccc(NC(=O)CN2CCC(Sc3ccc(C)cc3)CC2)cc1. The molecule has 29 heavy (non-hydrogen) atoms. The summed E-state index contributed by atoms with van der Waals surface area (Å²) in [4.78, 5) is 28.9. The number of rotatable bonds is 6. The maximum absolute atomic E-state index is 12.4. The Morgan fingerprint density at radius 1 is 1.07 bits per heavy atom. The van der Waals surface area contributed by atoms with Gasteiger partial charge in [-0.05, 0) is 69.3 Å². The molecule has 0 aromatic heterocycles. The molecule has 6 heteroatoms. The number of piperidine rings is 1. The van der Waals surface area contributed by atoms with E-state index in [1.54, 1.807) is 11.9 Å². The van der Waals surface area contributed by atoms with Gasteiger partial charge in [0.2, 0.25) is 11.8 Å². The van der Waals surface area contributed by atoms with Crippen molar-refractivity contribution < 1.29 is 9.59 Å². The lowest BCUT2D eigenvalue weighted by atomic mass is 10.1. The van der Waals surface area contributed by atoms with Gasteiger partial charge in [-0.15, -0.1) is 11.8 Å². The number of nitrogens with zero attached hydrogens (tertiary/aromatic N) is 2. The van der Waals surface area contributed by atoms with E-state index in [-0.39, 0.29) is 11.8 Å². The molecule has 0 radical (unpaired) electrons. The van der Waals surface area contributed by atoms with Gasteiger partial charge in [-0.25, -0.2) is 0 Å². The number of carbonyl (C=O) groups is 2. The summed E-state index contributed by atoms with van der Waals surface area (Å²) in [6.45, 7) is 5.94. The summed E-state index contributed by atoms with van der Waals surface area (Å²) in [5.74, 6) is -0.0203. The van der Waals surface area contributed by atoms with Crippen molar-refractivity contribution in [2.75, 3.05) is 36.9 Å². The fraction of sp³-hybridized carbons (Fsp3) is 0.391.